The molecule has 4 aromatic carbocycles. The predicted octanol–water partition coefficient (Wildman–Crippen LogP) is 6.84. The summed E-state index contributed by atoms with van der Waals surface area (Å²) in [6.45, 7) is 3.63. The van der Waals surface area contributed by atoms with E-state index in [1.165, 1.54) is 40.3 Å². The molecule has 6 atom stereocenters. The van der Waals surface area contributed by atoms with Gasteiger partial charge in [0.2, 0.25) is 11.8 Å². The number of amides is 2. The number of tetrazole rings is 2. The first-order valence-electron chi connectivity index (χ1n) is 21.6. The van der Waals surface area contributed by atoms with E-state index in [9.17, 15) is 19.2 Å². The molecule has 65 heavy (non-hydrogen) atoms. The Morgan fingerprint density at radius 2 is 1.14 bits per heavy atom. The number of carboxylic acids is 1. The zero-order valence-corrected chi connectivity index (χ0v) is 37.7. The van der Waals surface area contributed by atoms with Gasteiger partial charge in [-0.2, -0.15) is 0 Å². The smallest absolute Gasteiger partial charge is 0.325 e. The van der Waals surface area contributed by atoms with Gasteiger partial charge in [-0.3, -0.25) is 19.2 Å². The molecular weight excluding hydrogens is 869 g/mol. The van der Waals surface area contributed by atoms with E-state index in [1.54, 1.807) is 37.3 Å². The molecule has 0 saturated heterocycles. The third-order valence-electron chi connectivity index (χ3n) is 11.8. The van der Waals surface area contributed by atoms with Crippen LogP contribution < -0.4 is 16.4 Å². The number of benzene rings is 4. The van der Waals surface area contributed by atoms with Crippen LogP contribution in [-0.4, -0.2) is 81.2 Å². The maximum Gasteiger partial charge on any atom is 0.325 e. The Morgan fingerprint density at radius 3 is 1.58 bits per heavy atom. The summed E-state index contributed by atoms with van der Waals surface area (Å²) in [5.74, 6) is -0.464. The highest BCUT2D eigenvalue weighted by molar-refractivity contribution is 6.31. The molecule has 0 spiro atoms. The molecule has 2 aliphatic rings. The first-order valence-corrected chi connectivity index (χ1v) is 22.4. The number of carboxylic acid groups (broad SMARTS) is 1. The third-order valence-corrected chi connectivity index (χ3v) is 12.3. The lowest BCUT2D eigenvalue weighted by Gasteiger charge is -2.17. The Bertz CT molecular complexity index is 2480. The minimum Gasteiger partial charge on any atom is -0.480 e. The molecule has 8 rings (SSSR count). The van der Waals surface area contributed by atoms with Crippen LogP contribution in [0.5, 0.6) is 0 Å². The largest absolute Gasteiger partial charge is 0.480 e. The minimum absolute atomic E-state index is 0.0200. The molecule has 2 aliphatic carbocycles. The predicted molar refractivity (Wildman–Crippen MR) is 245 cm³/mol. The second-order valence-electron chi connectivity index (χ2n) is 16.2. The van der Waals surface area contributed by atoms with Crippen molar-refractivity contribution in [2.75, 3.05) is 0 Å². The molecule has 6 aromatic rings. The lowest BCUT2D eigenvalue weighted by molar-refractivity contribution is -0.141. The van der Waals surface area contributed by atoms with Gasteiger partial charge in [-0.1, -0.05) is 83.9 Å². The number of nitrogens with one attached hydrogen (secondary N) is 2. The second-order valence-corrected chi connectivity index (χ2v) is 17.1. The van der Waals surface area contributed by atoms with Gasteiger partial charge in [0.1, 0.15) is 6.04 Å². The summed E-state index contributed by atoms with van der Waals surface area (Å²) in [5.41, 5.74) is 11.4. The molecule has 2 aromatic heterocycles. The number of carbonyl (C=O) groups is 4. The van der Waals surface area contributed by atoms with Crippen molar-refractivity contribution in [1.82, 2.24) is 51.0 Å². The Morgan fingerprint density at radius 1 is 0.677 bits per heavy atom. The van der Waals surface area contributed by atoms with Gasteiger partial charge in [-0.25, -0.2) is 0 Å². The van der Waals surface area contributed by atoms with E-state index in [0.29, 0.717) is 34.8 Å². The van der Waals surface area contributed by atoms with Crippen molar-refractivity contribution in [3.8, 4) is 11.4 Å². The van der Waals surface area contributed by atoms with Crippen molar-refractivity contribution in [1.29, 1.82) is 0 Å². The Balaban J connectivity index is 0.000000179. The number of hydrogen-bond acceptors (Lipinski definition) is 11. The molecule has 5 N–H and O–H groups in total. The summed E-state index contributed by atoms with van der Waals surface area (Å²) >= 11 is 12.0. The molecule has 0 aliphatic heterocycles. The maximum absolute atomic E-state index is 12.8. The molecule has 340 valence electrons. The van der Waals surface area contributed by atoms with Crippen LogP contribution in [0.15, 0.2) is 110 Å². The number of nitrogens with zero attached hydrogens (tertiary/aromatic N) is 8. The molecule has 0 unspecified atom stereocenters. The van der Waals surface area contributed by atoms with E-state index >= 15 is 0 Å². The minimum atomic E-state index is -0.994. The number of aliphatic carboxylic acids is 1. The number of ketones is 1. The lowest BCUT2D eigenvalue weighted by atomic mass is 9.96. The standard InChI is InChI=1S/C24H26ClN5O2.C15H19NO3.C8H8ClN5/c1-16(28-24(32)20-8-7-18(13-20)17-5-3-2-4-6-17)23(31)12-9-19-14-21(25)10-11-22(19)30-27-15-26-29-30;1-10(15(18)19)16-14(17)13-8-7-12(9-13)11-5-3-2-4-6-11;9-7-1-2-8(6(3-7)4-10)14-12-5-11-13-14/h2-6,10-11,14-16,18,20H,7-9,12-13H2,1H3,(H,28,32);2-6,10,12-13H,7-9H2,1H3,(H,16,17)(H,18,19);1-3,5H,4,10H2/t16-,18+,20+;10-,12+,13+;/m00./s1. The summed E-state index contributed by atoms with van der Waals surface area (Å²) in [6, 6.07) is 29.9. The van der Waals surface area contributed by atoms with Crippen LogP contribution in [0.4, 0.5) is 0 Å². The van der Waals surface area contributed by atoms with E-state index < -0.39 is 18.1 Å². The Hall–Kier alpha value is -6.36. The van der Waals surface area contributed by atoms with E-state index in [2.05, 4.69) is 65.7 Å². The van der Waals surface area contributed by atoms with Gasteiger partial charge < -0.3 is 21.5 Å². The molecule has 18 heteroatoms. The summed E-state index contributed by atoms with van der Waals surface area (Å²) in [5, 5.41) is 38.5. The van der Waals surface area contributed by atoms with Crippen molar-refractivity contribution in [2.24, 2.45) is 17.6 Å². The molecule has 0 radical (unpaired) electrons. The number of carbonyl (C=O) groups excluding carboxylic acids is 3. The highest BCUT2D eigenvalue weighted by Gasteiger charge is 2.33. The first-order chi connectivity index (χ1) is 31.4. The molecular formula is C47H53Cl2N11O5. The third kappa shape index (κ3) is 13.6. The molecule has 2 fully saturated rings. The van der Waals surface area contributed by atoms with Crippen LogP contribution in [0, 0.1) is 11.8 Å². The molecule has 0 bridgehead atoms. The van der Waals surface area contributed by atoms with Gasteiger partial charge in [-0.15, -0.1) is 30.0 Å². The molecule has 2 saturated carbocycles. The number of halogens is 2. The quantitative estimate of drug-likeness (QED) is 0.0881. The summed E-state index contributed by atoms with van der Waals surface area (Å²) < 4.78 is 0. The fourth-order valence-corrected chi connectivity index (χ4v) is 8.58. The van der Waals surface area contributed by atoms with E-state index in [0.717, 1.165) is 61.0 Å². The number of hydrogen-bond donors (Lipinski definition) is 4. The number of aryl methyl sites for hydroxylation is 1. The van der Waals surface area contributed by atoms with E-state index in [1.807, 2.05) is 42.5 Å². The van der Waals surface area contributed by atoms with Gasteiger partial charge >= 0.3 is 5.97 Å². The van der Waals surface area contributed by atoms with Crippen LogP contribution in [0.25, 0.3) is 11.4 Å². The van der Waals surface area contributed by atoms with Crippen LogP contribution in [0.2, 0.25) is 10.0 Å². The van der Waals surface area contributed by atoms with Gasteiger partial charge in [0.05, 0.1) is 17.4 Å². The normalized spacial score (nSPS) is 18.5. The first kappa shape index (κ1) is 48.1. The fraction of sp³-hybridized carbons (Fsp3) is 0.362. The van der Waals surface area contributed by atoms with Crippen LogP contribution in [0.1, 0.15) is 92.9 Å². The highest BCUT2D eigenvalue weighted by atomic mass is 35.5. The van der Waals surface area contributed by atoms with Crippen molar-refractivity contribution in [3.63, 3.8) is 0 Å². The Kier molecular flexibility index (Phi) is 17.4. The number of aromatic nitrogens is 8. The van der Waals surface area contributed by atoms with Crippen LogP contribution in [0.3, 0.4) is 0 Å². The second kappa shape index (κ2) is 23.5. The molecule has 16 nitrogen and oxygen atoms in total. The highest BCUT2D eigenvalue weighted by Crippen LogP contribution is 2.39. The average Bonchev–Trinajstić information content (AvgIpc) is 4.18. The SMILES string of the molecule is C[C@H](NC(=O)[C@@H]1CC[C@@H](c2ccccc2)C1)C(=O)CCc1cc(Cl)ccc1-n1ncnn1.C[C@H](NC(=O)[C@@H]1CC[C@@H](c2ccccc2)C1)C(=O)O.NCc1cc(Cl)ccc1-n1ncnn1. The van der Waals surface area contributed by atoms with Crippen LogP contribution in [-0.2, 0) is 32.1 Å². The monoisotopic (exact) mass is 921 g/mol. The summed E-state index contributed by atoms with van der Waals surface area (Å²) in [7, 11) is 0. The van der Waals surface area contributed by atoms with Crippen molar-refractivity contribution in [3.05, 3.63) is 142 Å². The number of nitrogens with two attached hydrogens (primary N) is 1. The fourth-order valence-electron chi connectivity index (χ4n) is 8.19. The van der Waals surface area contributed by atoms with Gasteiger partial charge in [0, 0.05) is 34.8 Å². The van der Waals surface area contributed by atoms with Gasteiger partial charge in [-0.05, 0) is 140 Å². The Labute approximate surface area is 387 Å². The van der Waals surface area contributed by atoms with Crippen molar-refractivity contribution >= 4 is 46.8 Å². The van der Waals surface area contributed by atoms with Gasteiger partial charge in [0.15, 0.2) is 18.4 Å². The number of rotatable bonds is 14. The topological polar surface area (TPSA) is 226 Å². The summed E-state index contributed by atoms with van der Waals surface area (Å²) in [6.07, 6.45) is 8.77. The van der Waals surface area contributed by atoms with Crippen molar-refractivity contribution in [2.45, 2.75) is 95.7 Å². The lowest BCUT2D eigenvalue weighted by Crippen LogP contribution is -2.41. The average molecular weight is 923 g/mol. The zero-order valence-electron chi connectivity index (χ0n) is 36.2. The van der Waals surface area contributed by atoms with E-state index in [-0.39, 0.29) is 35.9 Å². The van der Waals surface area contributed by atoms with E-state index in [4.69, 9.17) is 34.0 Å². The summed E-state index contributed by atoms with van der Waals surface area (Å²) in [4.78, 5) is 51.0. The van der Waals surface area contributed by atoms with Crippen molar-refractivity contribution < 1.29 is 24.3 Å². The van der Waals surface area contributed by atoms with Gasteiger partial charge in [0.25, 0.3) is 0 Å². The molecule has 2 amide bonds. The van der Waals surface area contributed by atoms with Crippen LogP contribution >= 0.6 is 23.2 Å². The zero-order chi connectivity index (χ0) is 46.3. The molecule has 2 heterocycles. The maximum atomic E-state index is 12.8. The number of Topliss-reactive ketones (excluding diaryl/α,β-unsaturated/α-hetero) is 1.